The molecule has 184 valence electrons. The van der Waals surface area contributed by atoms with Gasteiger partial charge in [-0.05, 0) is 47.2 Å². The number of amides is 1. The van der Waals surface area contributed by atoms with Crippen LogP contribution in [0, 0.1) is 0 Å². The van der Waals surface area contributed by atoms with Gasteiger partial charge in [-0.3, -0.25) is 9.78 Å². The van der Waals surface area contributed by atoms with Gasteiger partial charge in [0.25, 0.3) is 5.91 Å². The molecular weight excluding hydrogens is 487 g/mol. The second kappa shape index (κ2) is 9.19. The van der Waals surface area contributed by atoms with Crippen LogP contribution >= 0.6 is 0 Å². The number of hydrogen-bond acceptors (Lipinski definition) is 6. The van der Waals surface area contributed by atoms with Crippen LogP contribution in [0.3, 0.4) is 0 Å². The van der Waals surface area contributed by atoms with Gasteiger partial charge in [-0.25, -0.2) is 14.5 Å². The molecule has 0 saturated carbocycles. The summed E-state index contributed by atoms with van der Waals surface area (Å²) >= 11 is 0. The summed E-state index contributed by atoms with van der Waals surface area (Å²) in [6, 6.07) is 16.6. The highest BCUT2D eigenvalue weighted by molar-refractivity contribution is 6.09. The first-order valence-corrected chi connectivity index (χ1v) is 10.8. The molecule has 0 atom stereocenters. The number of primary amides is 1. The van der Waals surface area contributed by atoms with Gasteiger partial charge >= 0.3 is 12.1 Å². The summed E-state index contributed by atoms with van der Waals surface area (Å²) in [5, 5.41) is 5.30. The van der Waals surface area contributed by atoms with Crippen LogP contribution in [-0.2, 0) is 6.18 Å². The molecular formula is C26H16F3N5O3. The lowest BCUT2D eigenvalue weighted by Gasteiger charge is -2.12. The van der Waals surface area contributed by atoms with Crippen molar-refractivity contribution in [2.75, 3.05) is 0 Å². The van der Waals surface area contributed by atoms with E-state index in [2.05, 4.69) is 15.1 Å². The SMILES string of the molecule is NC(=O)c1c(OC(=O)c2ccc(-n3nc(-c4cccnc4)cc3C(F)(F)F)cn2)ccc2ccccc12. The first kappa shape index (κ1) is 23.7. The van der Waals surface area contributed by atoms with Gasteiger partial charge in [0.1, 0.15) is 17.1 Å². The summed E-state index contributed by atoms with van der Waals surface area (Å²) < 4.78 is 47.2. The van der Waals surface area contributed by atoms with Crippen LogP contribution in [0.15, 0.2) is 85.3 Å². The van der Waals surface area contributed by atoms with Crippen LogP contribution < -0.4 is 10.5 Å². The zero-order chi connectivity index (χ0) is 26.2. The predicted molar refractivity (Wildman–Crippen MR) is 127 cm³/mol. The minimum atomic E-state index is -4.70. The molecule has 0 aliphatic heterocycles. The zero-order valence-electron chi connectivity index (χ0n) is 18.8. The summed E-state index contributed by atoms with van der Waals surface area (Å²) in [6.07, 6.45) is -0.734. The number of carbonyl (C=O) groups excluding carboxylic acids is 2. The van der Waals surface area contributed by atoms with Crippen molar-refractivity contribution >= 4 is 22.6 Å². The number of rotatable bonds is 5. The van der Waals surface area contributed by atoms with Gasteiger partial charge in [-0.1, -0.05) is 30.3 Å². The average Bonchev–Trinajstić information content (AvgIpc) is 3.35. The number of pyridine rings is 2. The van der Waals surface area contributed by atoms with E-state index in [1.54, 1.807) is 42.5 Å². The molecule has 11 heteroatoms. The monoisotopic (exact) mass is 503 g/mol. The average molecular weight is 503 g/mol. The molecule has 0 spiro atoms. The number of esters is 1. The largest absolute Gasteiger partial charge is 0.433 e. The maximum absolute atomic E-state index is 13.7. The molecule has 3 heterocycles. The van der Waals surface area contributed by atoms with Gasteiger partial charge < -0.3 is 10.5 Å². The standard InChI is InChI=1S/C26H16F3N5O3/c27-26(28,29)22-12-20(16-5-3-11-31-13-16)33-34(22)17-8-9-19(32-14-17)25(36)37-21-10-7-15-4-1-2-6-18(15)23(21)24(30)35/h1-14H,(H2,30,35). The third-order valence-electron chi connectivity index (χ3n) is 5.50. The Kier molecular flexibility index (Phi) is 5.88. The molecule has 0 aliphatic rings. The van der Waals surface area contributed by atoms with Crippen molar-refractivity contribution in [2.24, 2.45) is 5.73 Å². The lowest BCUT2D eigenvalue weighted by atomic mass is 10.0. The number of nitrogens with two attached hydrogens (primary N) is 1. The van der Waals surface area contributed by atoms with E-state index in [4.69, 9.17) is 10.5 Å². The van der Waals surface area contributed by atoms with E-state index in [1.807, 2.05) is 0 Å². The number of benzene rings is 2. The van der Waals surface area contributed by atoms with E-state index < -0.39 is 23.7 Å². The Morgan fingerprint density at radius 3 is 2.43 bits per heavy atom. The Morgan fingerprint density at radius 1 is 0.946 bits per heavy atom. The maximum Gasteiger partial charge on any atom is 0.433 e. The third-order valence-corrected chi connectivity index (χ3v) is 5.50. The summed E-state index contributed by atoms with van der Waals surface area (Å²) in [6.45, 7) is 0. The molecule has 1 amide bonds. The molecule has 5 rings (SSSR count). The first-order chi connectivity index (χ1) is 17.7. The fourth-order valence-corrected chi connectivity index (χ4v) is 3.81. The summed E-state index contributed by atoms with van der Waals surface area (Å²) in [7, 11) is 0. The number of hydrogen-bond donors (Lipinski definition) is 1. The normalized spacial score (nSPS) is 11.4. The zero-order valence-corrected chi connectivity index (χ0v) is 18.8. The molecule has 3 aromatic heterocycles. The smallest absolute Gasteiger partial charge is 0.421 e. The number of ether oxygens (including phenoxy) is 1. The van der Waals surface area contributed by atoms with Crippen LogP contribution in [0.4, 0.5) is 13.2 Å². The lowest BCUT2D eigenvalue weighted by molar-refractivity contribution is -0.142. The molecule has 8 nitrogen and oxygen atoms in total. The Balaban J connectivity index is 1.46. The fraction of sp³-hybridized carbons (Fsp3) is 0.0385. The van der Waals surface area contributed by atoms with Crippen molar-refractivity contribution in [3.05, 3.63) is 102 Å². The molecule has 0 unspecified atom stereocenters. The third kappa shape index (κ3) is 4.61. The van der Waals surface area contributed by atoms with Gasteiger partial charge in [0, 0.05) is 18.0 Å². The molecule has 0 saturated heterocycles. The predicted octanol–water partition coefficient (Wildman–Crippen LogP) is 4.82. The van der Waals surface area contributed by atoms with Crippen LogP contribution in [0.1, 0.15) is 26.5 Å². The molecule has 5 aromatic rings. The number of aromatic nitrogens is 4. The molecule has 37 heavy (non-hydrogen) atoms. The van der Waals surface area contributed by atoms with E-state index >= 15 is 0 Å². The van der Waals surface area contributed by atoms with E-state index in [-0.39, 0.29) is 28.4 Å². The highest BCUT2D eigenvalue weighted by atomic mass is 19.4. The Hall–Kier alpha value is -5.06. The van der Waals surface area contributed by atoms with Crippen molar-refractivity contribution in [3.63, 3.8) is 0 Å². The number of fused-ring (bicyclic) bond motifs is 1. The fourth-order valence-electron chi connectivity index (χ4n) is 3.81. The number of nitrogens with zero attached hydrogens (tertiary/aromatic N) is 4. The summed E-state index contributed by atoms with van der Waals surface area (Å²) in [4.78, 5) is 32.7. The van der Waals surface area contributed by atoms with Gasteiger partial charge in [0.2, 0.25) is 0 Å². The molecule has 2 N–H and O–H groups in total. The van der Waals surface area contributed by atoms with Crippen molar-refractivity contribution in [1.82, 2.24) is 19.7 Å². The summed E-state index contributed by atoms with van der Waals surface area (Å²) in [5.41, 5.74) is 4.78. The van der Waals surface area contributed by atoms with Gasteiger partial charge in [0.05, 0.1) is 23.1 Å². The Morgan fingerprint density at radius 2 is 1.76 bits per heavy atom. The number of alkyl halides is 3. The van der Waals surface area contributed by atoms with Crippen LogP contribution in [-0.4, -0.2) is 31.6 Å². The van der Waals surface area contributed by atoms with Crippen LogP contribution in [0.5, 0.6) is 5.75 Å². The topological polar surface area (TPSA) is 113 Å². The lowest BCUT2D eigenvalue weighted by Crippen LogP contribution is -2.17. The van der Waals surface area contributed by atoms with Gasteiger partial charge in [0.15, 0.2) is 0 Å². The van der Waals surface area contributed by atoms with Crippen molar-refractivity contribution in [2.45, 2.75) is 6.18 Å². The van der Waals surface area contributed by atoms with Crippen molar-refractivity contribution < 1.29 is 27.5 Å². The summed E-state index contributed by atoms with van der Waals surface area (Å²) in [5.74, 6) is -1.77. The van der Waals surface area contributed by atoms with Gasteiger partial charge in [-0.15, -0.1) is 0 Å². The second-order valence-corrected chi connectivity index (χ2v) is 7.88. The van der Waals surface area contributed by atoms with E-state index in [1.165, 1.54) is 30.6 Å². The molecule has 0 aliphatic carbocycles. The van der Waals surface area contributed by atoms with E-state index in [9.17, 15) is 22.8 Å². The molecule has 0 radical (unpaired) electrons. The highest BCUT2D eigenvalue weighted by Crippen LogP contribution is 2.34. The number of halogens is 3. The highest BCUT2D eigenvalue weighted by Gasteiger charge is 2.36. The maximum atomic E-state index is 13.7. The minimum Gasteiger partial charge on any atom is -0.421 e. The Labute approximate surface area is 207 Å². The second-order valence-electron chi connectivity index (χ2n) is 7.88. The van der Waals surface area contributed by atoms with Crippen molar-refractivity contribution in [3.8, 4) is 22.7 Å². The molecule has 2 aromatic carbocycles. The van der Waals surface area contributed by atoms with Crippen LogP contribution in [0.25, 0.3) is 27.7 Å². The molecule has 0 bridgehead atoms. The molecule has 0 fully saturated rings. The van der Waals surface area contributed by atoms with E-state index in [0.29, 0.717) is 15.6 Å². The number of carbonyl (C=O) groups is 2. The van der Waals surface area contributed by atoms with Gasteiger partial charge in [-0.2, -0.15) is 18.3 Å². The quantitative estimate of drug-likeness (QED) is 0.272. The first-order valence-electron chi connectivity index (χ1n) is 10.8. The van der Waals surface area contributed by atoms with Crippen molar-refractivity contribution in [1.29, 1.82) is 0 Å². The van der Waals surface area contributed by atoms with E-state index in [0.717, 1.165) is 17.6 Å². The minimum absolute atomic E-state index is 0.0253. The van der Waals surface area contributed by atoms with Crippen LogP contribution in [0.2, 0.25) is 0 Å². The Bertz CT molecular complexity index is 1630.